The monoisotopic (exact) mass is 379 g/mol. The zero-order valence-corrected chi connectivity index (χ0v) is 15.7. The highest BCUT2D eigenvalue weighted by atomic mass is 16.4. The smallest absolute Gasteiger partial charge is 0.408 e. The first-order valence-electron chi connectivity index (χ1n) is 8.78. The molecule has 0 aliphatic rings. The van der Waals surface area contributed by atoms with E-state index in [1.165, 1.54) is 0 Å². The number of fused-ring (bicyclic) bond motifs is 1. The molecular formula is C20H21N5O3. The van der Waals surface area contributed by atoms with Crippen LogP contribution in [0.2, 0.25) is 0 Å². The van der Waals surface area contributed by atoms with Gasteiger partial charge in [-0.05, 0) is 56.6 Å². The Hall–Kier alpha value is -3.57. The Morgan fingerprint density at radius 2 is 1.89 bits per heavy atom. The Kier molecular flexibility index (Phi) is 5.77. The van der Waals surface area contributed by atoms with Crippen molar-refractivity contribution in [2.75, 3.05) is 37.8 Å². The number of hydrogen-bond donors (Lipinski definition) is 2. The molecule has 8 heteroatoms. The molecular weight excluding hydrogens is 358 g/mol. The van der Waals surface area contributed by atoms with Crippen molar-refractivity contribution in [2.45, 2.75) is 6.54 Å². The van der Waals surface area contributed by atoms with Crippen LogP contribution in [-0.2, 0) is 11.3 Å². The van der Waals surface area contributed by atoms with Crippen molar-refractivity contribution in [3.05, 3.63) is 58.6 Å². The first kappa shape index (κ1) is 19.2. The van der Waals surface area contributed by atoms with Crippen molar-refractivity contribution in [1.29, 1.82) is 5.26 Å². The quantitative estimate of drug-likeness (QED) is 0.651. The second-order valence-electron chi connectivity index (χ2n) is 6.60. The SMILES string of the molecule is CN(C)CCn1c(=O)oc2ccc(NC(=O)CNc3ccc(C#N)cc3)cc21. The summed E-state index contributed by atoms with van der Waals surface area (Å²) in [6.45, 7) is 1.26. The van der Waals surface area contributed by atoms with E-state index in [2.05, 4.69) is 10.6 Å². The molecule has 0 radical (unpaired) electrons. The van der Waals surface area contributed by atoms with Crippen LogP contribution in [0.15, 0.2) is 51.7 Å². The minimum absolute atomic E-state index is 0.0722. The third-order valence-electron chi connectivity index (χ3n) is 4.19. The molecule has 0 aliphatic heterocycles. The summed E-state index contributed by atoms with van der Waals surface area (Å²) in [5.41, 5.74) is 3.02. The Bertz CT molecular complexity index is 1070. The van der Waals surface area contributed by atoms with Gasteiger partial charge in [0.15, 0.2) is 5.58 Å². The second-order valence-corrected chi connectivity index (χ2v) is 6.60. The highest BCUT2D eigenvalue weighted by molar-refractivity contribution is 5.95. The molecule has 1 amide bonds. The van der Waals surface area contributed by atoms with Gasteiger partial charge < -0.3 is 20.0 Å². The number of rotatable bonds is 7. The second kappa shape index (κ2) is 8.41. The zero-order valence-electron chi connectivity index (χ0n) is 15.7. The minimum atomic E-state index is -0.414. The van der Waals surface area contributed by atoms with Crippen LogP contribution in [0.4, 0.5) is 11.4 Å². The number of nitriles is 1. The Morgan fingerprint density at radius 3 is 2.57 bits per heavy atom. The van der Waals surface area contributed by atoms with Gasteiger partial charge in [-0.15, -0.1) is 0 Å². The highest BCUT2D eigenvalue weighted by Crippen LogP contribution is 2.18. The van der Waals surface area contributed by atoms with Crippen LogP contribution in [0, 0.1) is 11.3 Å². The lowest BCUT2D eigenvalue weighted by Gasteiger charge is -2.10. The average molecular weight is 379 g/mol. The summed E-state index contributed by atoms with van der Waals surface area (Å²) < 4.78 is 6.81. The molecule has 3 aromatic rings. The Labute approximate surface area is 162 Å². The maximum absolute atomic E-state index is 12.2. The van der Waals surface area contributed by atoms with Gasteiger partial charge in [-0.25, -0.2) is 4.79 Å². The molecule has 3 rings (SSSR count). The average Bonchev–Trinajstić information content (AvgIpc) is 2.99. The summed E-state index contributed by atoms with van der Waals surface area (Å²) in [6.07, 6.45) is 0. The molecule has 28 heavy (non-hydrogen) atoms. The number of aromatic nitrogens is 1. The Balaban J connectivity index is 1.67. The van der Waals surface area contributed by atoms with Crippen LogP contribution < -0.4 is 16.4 Å². The number of nitrogens with zero attached hydrogens (tertiary/aromatic N) is 3. The number of likely N-dealkylation sites (N-methyl/N-ethyl adjacent to an activating group) is 1. The van der Waals surface area contributed by atoms with Gasteiger partial charge in [0.25, 0.3) is 0 Å². The maximum atomic E-state index is 12.2. The van der Waals surface area contributed by atoms with Crippen LogP contribution in [0.25, 0.3) is 11.1 Å². The van der Waals surface area contributed by atoms with E-state index in [0.717, 1.165) is 5.69 Å². The topological polar surface area (TPSA) is 103 Å². The first-order chi connectivity index (χ1) is 13.5. The van der Waals surface area contributed by atoms with Gasteiger partial charge >= 0.3 is 5.76 Å². The van der Waals surface area contributed by atoms with Crippen molar-refractivity contribution in [1.82, 2.24) is 9.47 Å². The predicted octanol–water partition coefficient (Wildman–Crippen LogP) is 2.08. The molecule has 2 N–H and O–H groups in total. The van der Waals surface area contributed by atoms with E-state index >= 15 is 0 Å². The van der Waals surface area contributed by atoms with Crippen LogP contribution in [0.5, 0.6) is 0 Å². The number of hydrogen-bond acceptors (Lipinski definition) is 6. The summed E-state index contributed by atoms with van der Waals surface area (Å²) in [5, 5.41) is 14.6. The standard InChI is InChI=1S/C20H21N5O3/c1-24(2)9-10-25-17-11-16(7-8-18(17)28-20(25)27)23-19(26)13-22-15-5-3-14(12-21)4-6-15/h3-8,11,22H,9-10,13H2,1-2H3,(H,23,26). The van der Waals surface area contributed by atoms with Crippen molar-refractivity contribution >= 4 is 28.4 Å². The molecule has 8 nitrogen and oxygen atoms in total. The number of carbonyl (C=O) groups excluding carboxylic acids is 1. The lowest BCUT2D eigenvalue weighted by molar-refractivity contribution is -0.114. The summed E-state index contributed by atoms with van der Waals surface area (Å²) in [7, 11) is 3.86. The van der Waals surface area contributed by atoms with Crippen LogP contribution in [0.1, 0.15) is 5.56 Å². The predicted molar refractivity (Wildman–Crippen MR) is 107 cm³/mol. The molecule has 0 atom stereocenters. The molecule has 0 saturated heterocycles. The largest absolute Gasteiger partial charge is 0.419 e. The summed E-state index contributed by atoms with van der Waals surface area (Å²) in [4.78, 5) is 26.3. The normalized spacial score (nSPS) is 10.8. The third-order valence-corrected chi connectivity index (χ3v) is 4.19. The molecule has 0 aliphatic carbocycles. The highest BCUT2D eigenvalue weighted by Gasteiger charge is 2.11. The van der Waals surface area contributed by atoms with Crippen molar-refractivity contribution in [3.8, 4) is 6.07 Å². The maximum Gasteiger partial charge on any atom is 0.419 e. The number of carbonyl (C=O) groups is 1. The third kappa shape index (κ3) is 4.58. The fourth-order valence-corrected chi connectivity index (χ4v) is 2.70. The lowest BCUT2D eigenvalue weighted by Crippen LogP contribution is -2.24. The summed E-state index contributed by atoms with van der Waals surface area (Å²) >= 11 is 0. The molecule has 1 aromatic heterocycles. The van der Waals surface area contributed by atoms with E-state index in [4.69, 9.17) is 9.68 Å². The van der Waals surface area contributed by atoms with Gasteiger partial charge in [0.2, 0.25) is 5.91 Å². The Morgan fingerprint density at radius 1 is 1.18 bits per heavy atom. The van der Waals surface area contributed by atoms with E-state index in [0.29, 0.717) is 35.4 Å². The molecule has 0 bridgehead atoms. The fourth-order valence-electron chi connectivity index (χ4n) is 2.70. The van der Waals surface area contributed by atoms with Crippen LogP contribution in [-0.4, -0.2) is 42.6 Å². The minimum Gasteiger partial charge on any atom is -0.408 e. The zero-order chi connectivity index (χ0) is 20.1. The molecule has 0 unspecified atom stereocenters. The van der Waals surface area contributed by atoms with E-state index in [-0.39, 0.29) is 12.5 Å². The fraction of sp³-hybridized carbons (Fsp3) is 0.250. The van der Waals surface area contributed by atoms with Gasteiger partial charge in [0.05, 0.1) is 23.7 Å². The van der Waals surface area contributed by atoms with Gasteiger partial charge in [-0.2, -0.15) is 5.26 Å². The van der Waals surface area contributed by atoms with E-state index in [1.807, 2.05) is 25.1 Å². The van der Waals surface area contributed by atoms with Gasteiger partial charge in [0, 0.05) is 24.5 Å². The van der Waals surface area contributed by atoms with Gasteiger partial charge in [-0.1, -0.05) is 0 Å². The molecule has 0 spiro atoms. The van der Waals surface area contributed by atoms with E-state index in [1.54, 1.807) is 47.0 Å². The number of nitrogens with one attached hydrogen (secondary N) is 2. The van der Waals surface area contributed by atoms with Crippen molar-refractivity contribution in [3.63, 3.8) is 0 Å². The van der Waals surface area contributed by atoms with E-state index in [9.17, 15) is 9.59 Å². The first-order valence-corrected chi connectivity index (χ1v) is 8.78. The van der Waals surface area contributed by atoms with E-state index < -0.39 is 5.76 Å². The summed E-state index contributed by atoms with van der Waals surface area (Å²) in [6, 6.07) is 14.0. The molecule has 0 saturated carbocycles. The van der Waals surface area contributed by atoms with Gasteiger partial charge in [0.1, 0.15) is 0 Å². The lowest BCUT2D eigenvalue weighted by atomic mass is 10.2. The van der Waals surface area contributed by atoms with Crippen molar-refractivity contribution < 1.29 is 9.21 Å². The number of benzene rings is 2. The van der Waals surface area contributed by atoms with Crippen LogP contribution >= 0.6 is 0 Å². The summed E-state index contributed by atoms with van der Waals surface area (Å²) in [5.74, 6) is -0.641. The van der Waals surface area contributed by atoms with Crippen LogP contribution in [0.3, 0.4) is 0 Å². The van der Waals surface area contributed by atoms with Gasteiger partial charge in [-0.3, -0.25) is 9.36 Å². The number of oxazole rings is 1. The van der Waals surface area contributed by atoms with Crippen molar-refractivity contribution in [2.24, 2.45) is 0 Å². The molecule has 1 heterocycles. The number of anilines is 2. The molecule has 0 fully saturated rings. The molecule has 2 aromatic carbocycles. The number of amides is 1. The molecule has 144 valence electrons.